The minimum Gasteiger partial charge on any atom is -0.462 e. The van der Waals surface area contributed by atoms with Gasteiger partial charge in [0.05, 0.1) is 29.4 Å². The topological polar surface area (TPSA) is 105 Å². The van der Waals surface area contributed by atoms with Gasteiger partial charge >= 0.3 is 23.9 Å². The van der Waals surface area contributed by atoms with Crippen molar-refractivity contribution in [1.29, 1.82) is 0 Å². The molecule has 0 bridgehead atoms. The fourth-order valence-corrected chi connectivity index (χ4v) is 5.15. The second-order valence-electron chi connectivity index (χ2n) is 9.10. The van der Waals surface area contributed by atoms with Crippen molar-refractivity contribution < 1.29 is 37.0 Å². The van der Waals surface area contributed by atoms with Gasteiger partial charge in [-0.05, 0) is 55.5 Å². The highest BCUT2D eigenvalue weighted by atomic mass is 19.4. The molecule has 3 aromatic rings. The number of aliphatic hydroxyl groups excluding tert-OH is 1. The molecule has 1 aromatic heterocycles. The van der Waals surface area contributed by atoms with Crippen LogP contribution in [0.5, 0.6) is 0 Å². The van der Waals surface area contributed by atoms with Crippen LogP contribution < -0.4 is 10.7 Å². The van der Waals surface area contributed by atoms with E-state index in [9.17, 15) is 32.7 Å². The van der Waals surface area contributed by atoms with Crippen LogP contribution in [0, 0.1) is 0 Å². The van der Waals surface area contributed by atoms with Crippen molar-refractivity contribution >= 4 is 28.8 Å². The molecule has 0 fully saturated rings. The molecule has 0 saturated heterocycles. The Balaban J connectivity index is 1.64. The fourth-order valence-electron chi connectivity index (χ4n) is 5.15. The molecule has 5 rings (SSSR count). The zero-order chi connectivity index (χ0) is 27.4. The molecule has 2 aromatic carbocycles. The first-order valence-electron chi connectivity index (χ1n) is 12.0. The Hall–Kier alpha value is -4.06. The van der Waals surface area contributed by atoms with Crippen molar-refractivity contribution in [3.63, 3.8) is 0 Å². The van der Waals surface area contributed by atoms with Crippen molar-refractivity contribution in [2.75, 3.05) is 11.5 Å². The van der Waals surface area contributed by atoms with E-state index < -0.39 is 41.8 Å². The predicted molar refractivity (Wildman–Crippen MR) is 129 cm³/mol. The van der Waals surface area contributed by atoms with E-state index in [4.69, 9.17) is 9.15 Å². The van der Waals surface area contributed by atoms with Crippen LogP contribution in [0.3, 0.4) is 0 Å². The largest absolute Gasteiger partial charge is 0.462 e. The Kier molecular flexibility index (Phi) is 6.30. The highest BCUT2D eigenvalue weighted by Gasteiger charge is 2.45. The standard InChI is InChI=1S/C26H24F3N3O6/c1-3-37-23(34)17-13-31(14-10-11-20-21(12-14)38-25(36)30(20)2)24(35)32(22(17)33)19-9-5-6-15-16(19)7-4-8-18(15)26(27,28)29/h4,7-8,10-13,19,22,33H,3,5-6,9H2,1-2H3. The summed E-state index contributed by atoms with van der Waals surface area (Å²) in [5.41, 5.74) is 0.132. The molecule has 0 radical (unpaired) electrons. The number of nitrogens with zero attached hydrogens (tertiary/aromatic N) is 3. The lowest BCUT2D eigenvalue weighted by atomic mass is 9.83. The average molecular weight is 531 g/mol. The number of aryl methyl sites for hydroxylation is 1. The minimum atomic E-state index is -4.59. The third-order valence-electron chi connectivity index (χ3n) is 6.92. The molecular formula is C26H24F3N3O6. The van der Waals surface area contributed by atoms with Crippen molar-refractivity contribution in [1.82, 2.24) is 9.47 Å². The summed E-state index contributed by atoms with van der Waals surface area (Å²) in [6, 6.07) is 6.58. The highest BCUT2D eigenvalue weighted by molar-refractivity contribution is 6.02. The van der Waals surface area contributed by atoms with Crippen molar-refractivity contribution in [2.24, 2.45) is 7.05 Å². The quantitative estimate of drug-likeness (QED) is 0.505. The summed E-state index contributed by atoms with van der Waals surface area (Å²) in [6.07, 6.45) is -4.45. The van der Waals surface area contributed by atoms with E-state index in [1.165, 1.54) is 35.9 Å². The Bertz CT molecular complexity index is 1520. The lowest BCUT2D eigenvalue weighted by Crippen LogP contribution is -2.54. The number of rotatable bonds is 4. The van der Waals surface area contributed by atoms with E-state index in [2.05, 4.69) is 0 Å². The SMILES string of the molecule is CCOC(=O)C1=CN(c2ccc3c(c2)oc(=O)n3C)C(=O)N(C2CCCc3c2cccc3C(F)(F)F)C1O. The van der Waals surface area contributed by atoms with Crippen LogP contribution in [0.25, 0.3) is 11.1 Å². The lowest BCUT2D eigenvalue weighted by molar-refractivity contribution is -0.141. The predicted octanol–water partition coefficient (Wildman–Crippen LogP) is 4.24. The van der Waals surface area contributed by atoms with Gasteiger partial charge in [-0.1, -0.05) is 12.1 Å². The van der Waals surface area contributed by atoms with Crippen molar-refractivity contribution in [2.45, 2.75) is 44.6 Å². The number of hydrogen-bond donors (Lipinski definition) is 1. The van der Waals surface area contributed by atoms with Gasteiger partial charge in [0.25, 0.3) is 0 Å². The van der Waals surface area contributed by atoms with Crippen molar-refractivity contribution in [3.8, 4) is 0 Å². The smallest absolute Gasteiger partial charge is 0.419 e. The number of aliphatic hydroxyl groups is 1. The molecule has 0 spiro atoms. The van der Waals surface area contributed by atoms with E-state index in [1.54, 1.807) is 13.0 Å². The van der Waals surface area contributed by atoms with Crippen LogP contribution in [-0.2, 0) is 29.2 Å². The second-order valence-corrected chi connectivity index (χ2v) is 9.10. The van der Waals surface area contributed by atoms with E-state index in [0.29, 0.717) is 11.9 Å². The van der Waals surface area contributed by atoms with Crippen molar-refractivity contribution in [3.05, 3.63) is 75.4 Å². The Morgan fingerprint density at radius 1 is 1.21 bits per heavy atom. The monoisotopic (exact) mass is 531 g/mol. The number of ether oxygens (including phenoxy) is 1. The third kappa shape index (κ3) is 4.14. The highest BCUT2D eigenvalue weighted by Crippen LogP contribution is 2.43. The van der Waals surface area contributed by atoms with Gasteiger partial charge in [-0.15, -0.1) is 0 Å². The Morgan fingerprint density at radius 3 is 2.68 bits per heavy atom. The minimum absolute atomic E-state index is 0.000818. The number of halogens is 3. The van der Waals surface area contributed by atoms with E-state index >= 15 is 0 Å². The zero-order valence-corrected chi connectivity index (χ0v) is 20.5. The maximum absolute atomic E-state index is 13.8. The molecule has 2 aliphatic rings. The summed E-state index contributed by atoms with van der Waals surface area (Å²) in [5.74, 6) is -1.49. The number of hydrogen-bond acceptors (Lipinski definition) is 6. The number of fused-ring (bicyclic) bond motifs is 2. The van der Waals surface area contributed by atoms with Gasteiger partial charge in [-0.3, -0.25) is 14.4 Å². The first-order valence-corrected chi connectivity index (χ1v) is 12.0. The number of amides is 2. The fraction of sp³-hybridized carbons (Fsp3) is 0.346. The maximum Gasteiger partial charge on any atom is 0.419 e. The van der Waals surface area contributed by atoms with Crippen LogP contribution in [0.2, 0.25) is 0 Å². The first-order chi connectivity index (χ1) is 18.0. The molecule has 1 aliphatic carbocycles. The molecular weight excluding hydrogens is 507 g/mol. The van der Waals surface area contributed by atoms with Gasteiger partial charge in [-0.25, -0.2) is 14.4 Å². The summed E-state index contributed by atoms with van der Waals surface area (Å²) < 4.78 is 52.8. The first kappa shape index (κ1) is 25.6. The molecule has 1 aliphatic heterocycles. The van der Waals surface area contributed by atoms with Crippen LogP contribution in [0.15, 0.2) is 57.4 Å². The molecule has 2 heterocycles. The van der Waals surface area contributed by atoms with Gasteiger partial charge in [0.2, 0.25) is 0 Å². The second kappa shape index (κ2) is 9.35. The molecule has 200 valence electrons. The van der Waals surface area contributed by atoms with Crippen LogP contribution in [-0.4, -0.2) is 39.4 Å². The number of carbonyl (C=O) groups excluding carboxylic acids is 2. The molecule has 2 atom stereocenters. The number of alkyl halides is 3. The number of carbonyl (C=O) groups is 2. The van der Waals surface area contributed by atoms with Gasteiger partial charge in [0.15, 0.2) is 11.8 Å². The van der Waals surface area contributed by atoms with Gasteiger partial charge in [0, 0.05) is 19.3 Å². The molecule has 12 heteroatoms. The van der Waals surface area contributed by atoms with E-state index in [1.807, 2.05) is 0 Å². The number of aromatic nitrogens is 1. The summed E-state index contributed by atoms with van der Waals surface area (Å²) in [5, 5.41) is 11.2. The summed E-state index contributed by atoms with van der Waals surface area (Å²) in [4.78, 5) is 40.7. The number of anilines is 1. The van der Waals surface area contributed by atoms with Gasteiger partial charge in [0.1, 0.15) is 5.57 Å². The number of oxazole rings is 1. The summed E-state index contributed by atoms with van der Waals surface area (Å²) >= 11 is 0. The van der Waals surface area contributed by atoms with Gasteiger partial charge in [-0.2, -0.15) is 13.2 Å². The Labute approximate surface area is 214 Å². The lowest BCUT2D eigenvalue weighted by Gasteiger charge is -2.44. The zero-order valence-electron chi connectivity index (χ0n) is 20.5. The van der Waals surface area contributed by atoms with Gasteiger partial charge < -0.3 is 14.3 Å². The maximum atomic E-state index is 13.8. The molecule has 1 N–H and O–H groups in total. The average Bonchev–Trinajstić information content (AvgIpc) is 3.16. The van der Waals surface area contributed by atoms with E-state index in [0.717, 1.165) is 22.1 Å². The number of benzene rings is 2. The summed E-state index contributed by atoms with van der Waals surface area (Å²) in [7, 11) is 1.52. The third-order valence-corrected chi connectivity index (χ3v) is 6.92. The number of esters is 1. The molecule has 38 heavy (non-hydrogen) atoms. The molecule has 2 amide bonds. The molecule has 9 nitrogen and oxygen atoms in total. The molecule has 2 unspecified atom stereocenters. The number of urea groups is 1. The molecule has 0 saturated carbocycles. The van der Waals surface area contributed by atoms with Crippen LogP contribution >= 0.6 is 0 Å². The van der Waals surface area contributed by atoms with Crippen LogP contribution in [0.4, 0.5) is 23.7 Å². The van der Waals surface area contributed by atoms with Crippen LogP contribution in [0.1, 0.15) is 42.5 Å². The normalized spacial score (nSPS) is 19.9. The van der Waals surface area contributed by atoms with E-state index in [-0.39, 0.29) is 47.4 Å². The summed E-state index contributed by atoms with van der Waals surface area (Å²) in [6.45, 7) is 1.58. The Morgan fingerprint density at radius 2 is 1.97 bits per heavy atom.